The Morgan fingerprint density at radius 2 is 2.35 bits per heavy atom. The van der Waals surface area contributed by atoms with Crippen LogP contribution in [0.5, 0.6) is 0 Å². The van der Waals surface area contributed by atoms with Crippen LogP contribution in [0.1, 0.15) is 34.5 Å². The number of thiazole rings is 1. The average Bonchev–Trinajstić information content (AvgIpc) is 2.96. The van der Waals surface area contributed by atoms with Crippen LogP contribution >= 0.6 is 22.7 Å². The number of carbonyl (C=O) groups is 1. The highest BCUT2D eigenvalue weighted by atomic mass is 32.1. The molecule has 0 saturated heterocycles. The Morgan fingerprint density at radius 1 is 1.50 bits per heavy atom. The molecule has 1 N–H and O–H groups in total. The van der Waals surface area contributed by atoms with Crippen LogP contribution in [0.3, 0.4) is 0 Å². The van der Waals surface area contributed by atoms with Gasteiger partial charge in [-0.05, 0) is 43.2 Å². The number of carbonyl (C=O) groups excluding carboxylic acids is 1. The summed E-state index contributed by atoms with van der Waals surface area (Å²) < 4.78 is 0. The minimum atomic E-state index is -0.0387. The summed E-state index contributed by atoms with van der Waals surface area (Å²) >= 11 is 3.26. The van der Waals surface area contributed by atoms with E-state index in [0.29, 0.717) is 5.92 Å². The minimum Gasteiger partial charge on any atom is -0.343 e. The molecule has 2 aromatic heterocycles. The van der Waals surface area contributed by atoms with Crippen LogP contribution in [-0.2, 0) is 4.79 Å². The molecule has 0 spiro atoms. The molecule has 2 aromatic rings. The summed E-state index contributed by atoms with van der Waals surface area (Å²) in [6.45, 7) is 1.99. The zero-order chi connectivity index (χ0) is 13.9. The van der Waals surface area contributed by atoms with E-state index in [-0.39, 0.29) is 11.9 Å². The number of rotatable bonds is 5. The Kier molecular flexibility index (Phi) is 3.98. The van der Waals surface area contributed by atoms with Crippen molar-refractivity contribution in [3.8, 4) is 0 Å². The molecule has 0 radical (unpaired) electrons. The predicted molar refractivity (Wildman–Crippen MR) is 83.8 cm³/mol. The van der Waals surface area contributed by atoms with Crippen LogP contribution < -0.4 is 5.32 Å². The number of aromatic nitrogens is 1. The second-order valence-electron chi connectivity index (χ2n) is 5.00. The monoisotopic (exact) mass is 304 g/mol. The first kappa shape index (κ1) is 13.5. The van der Waals surface area contributed by atoms with Gasteiger partial charge in [0, 0.05) is 22.0 Å². The van der Waals surface area contributed by atoms with Gasteiger partial charge in [0.15, 0.2) is 0 Å². The van der Waals surface area contributed by atoms with E-state index in [1.165, 1.54) is 12.8 Å². The summed E-state index contributed by atoms with van der Waals surface area (Å²) in [7, 11) is 0. The van der Waals surface area contributed by atoms with E-state index in [4.69, 9.17) is 0 Å². The lowest BCUT2D eigenvalue weighted by Gasteiger charge is -2.14. The van der Waals surface area contributed by atoms with Crippen LogP contribution in [-0.4, -0.2) is 10.9 Å². The van der Waals surface area contributed by atoms with Gasteiger partial charge >= 0.3 is 0 Å². The molecule has 5 heteroatoms. The molecule has 1 fully saturated rings. The Morgan fingerprint density at radius 3 is 2.95 bits per heavy atom. The van der Waals surface area contributed by atoms with Crippen molar-refractivity contribution in [3.05, 3.63) is 44.5 Å². The predicted octanol–water partition coefficient (Wildman–Crippen LogP) is 3.79. The SMILES string of the molecule is Cc1csc(C(NC(=O)/C=C/c2cccs2)C2CC2)n1. The van der Waals surface area contributed by atoms with Crippen LogP contribution in [0.25, 0.3) is 6.08 Å². The van der Waals surface area contributed by atoms with E-state index < -0.39 is 0 Å². The van der Waals surface area contributed by atoms with Crippen LogP contribution in [0.15, 0.2) is 29.0 Å². The van der Waals surface area contributed by atoms with E-state index >= 15 is 0 Å². The molecule has 0 aliphatic heterocycles. The molecule has 20 heavy (non-hydrogen) atoms. The highest BCUT2D eigenvalue weighted by molar-refractivity contribution is 7.10. The standard InChI is InChI=1S/C15H16N2OS2/c1-10-9-20-15(16-10)14(11-4-5-11)17-13(18)7-6-12-3-2-8-19-12/h2-3,6-9,11,14H,4-5H2,1H3,(H,17,18)/b7-6+. The molecule has 1 atom stereocenters. The molecule has 0 aromatic carbocycles. The molecule has 1 aliphatic rings. The van der Waals surface area contributed by atoms with Gasteiger partial charge in [0.05, 0.1) is 6.04 Å². The van der Waals surface area contributed by atoms with Gasteiger partial charge in [0.2, 0.25) is 5.91 Å². The first-order chi connectivity index (χ1) is 9.72. The van der Waals surface area contributed by atoms with Crippen molar-refractivity contribution in [1.82, 2.24) is 10.3 Å². The van der Waals surface area contributed by atoms with Crippen molar-refractivity contribution in [1.29, 1.82) is 0 Å². The van der Waals surface area contributed by atoms with Crippen LogP contribution in [0.4, 0.5) is 0 Å². The maximum atomic E-state index is 12.0. The first-order valence-electron chi connectivity index (χ1n) is 6.66. The Labute approximate surface area is 126 Å². The number of amides is 1. The van der Waals surface area contributed by atoms with Gasteiger partial charge in [-0.25, -0.2) is 4.98 Å². The minimum absolute atomic E-state index is 0.0387. The molecule has 1 amide bonds. The Balaban J connectivity index is 1.66. The van der Waals surface area contributed by atoms with Crippen molar-refractivity contribution < 1.29 is 4.79 Å². The summed E-state index contributed by atoms with van der Waals surface area (Å²) in [6, 6.07) is 4.05. The van der Waals surface area contributed by atoms with Gasteiger partial charge < -0.3 is 5.32 Å². The third-order valence-electron chi connectivity index (χ3n) is 3.24. The molecule has 1 aliphatic carbocycles. The number of hydrogen-bond donors (Lipinski definition) is 1. The van der Waals surface area contributed by atoms with Gasteiger partial charge in [0.25, 0.3) is 0 Å². The van der Waals surface area contributed by atoms with Crippen LogP contribution in [0, 0.1) is 12.8 Å². The Hall–Kier alpha value is -1.46. The molecule has 1 saturated carbocycles. The van der Waals surface area contributed by atoms with Crippen molar-refractivity contribution >= 4 is 34.7 Å². The summed E-state index contributed by atoms with van der Waals surface area (Å²) in [5, 5.41) is 8.17. The van der Waals surface area contributed by atoms with E-state index in [0.717, 1.165) is 15.6 Å². The van der Waals surface area contributed by atoms with Crippen molar-refractivity contribution in [2.75, 3.05) is 0 Å². The van der Waals surface area contributed by atoms with Crippen LogP contribution in [0.2, 0.25) is 0 Å². The summed E-state index contributed by atoms with van der Waals surface area (Å²) in [4.78, 5) is 17.7. The fraction of sp³-hybridized carbons (Fsp3) is 0.333. The van der Waals surface area contributed by atoms with Gasteiger partial charge in [-0.2, -0.15) is 0 Å². The van der Waals surface area contributed by atoms with Gasteiger partial charge in [-0.1, -0.05) is 6.07 Å². The lowest BCUT2D eigenvalue weighted by atomic mass is 10.2. The molecule has 2 heterocycles. The summed E-state index contributed by atoms with van der Waals surface area (Å²) in [6.07, 6.45) is 5.83. The molecular weight excluding hydrogens is 288 g/mol. The molecule has 3 rings (SSSR count). The number of aryl methyl sites for hydroxylation is 1. The number of hydrogen-bond acceptors (Lipinski definition) is 4. The van der Waals surface area contributed by atoms with Crippen molar-refractivity contribution in [3.63, 3.8) is 0 Å². The number of nitrogens with zero attached hydrogens (tertiary/aromatic N) is 1. The fourth-order valence-corrected chi connectivity index (χ4v) is 3.63. The topological polar surface area (TPSA) is 42.0 Å². The van der Waals surface area contributed by atoms with Crippen molar-refractivity contribution in [2.24, 2.45) is 5.92 Å². The molecule has 104 valence electrons. The lowest BCUT2D eigenvalue weighted by Crippen LogP contribution is -2.28. The van der Waals surface area contributed by atoms with Gasteiger partial charge in [-0.15, -0.1) is 22.7 Å². The summed E-state index contributed by atoms with van der Waals surface area (Å²) in [5.74, 6) is 0.516. The highest BCUT2D eigenvalue weighted by Gasteiger charge is 2.34. The van der Waals surface area contributed by atoms with Gasteiger partial charge in [0.1, 0.15) is 5.01 Å². The third-order valence-corrected chi connectivity index (χ3v) is 5.12. The number of thiophene rings is 1. The van der Waals surface area contributed by atoms with E-state index in [1.807, 2.05) is 35.9 Å². The largest absolute Gasteiger partial charge is 0.343 e. The maximum Gasteiger partial charge on any atom is 0.244 e. The van der Waals surface area contributed by atoms with E-state index in [2.05, 4.69) is 10.3 Å². The Bertz CT molecular complexity index is 612. The highest BCUT2D eigenvalue weighted by Crippen LogP contribution is 2.41. The second-order valence-corrected chi connectivity index (χ2v) is 6.87. The zero-order valence-electron chi connectivity index (χ0n) is 11.2. The second kappa shape index (κ2) is 5.89. The quantitative estimate of drug-likeness (QED) is 0.854. The van der Waals surface area contributed by atoms with E-state index in [1.54, 1.807) is 28.7 Å². The third kappa shape index (κ3) is 3.35. The molecule has 3 nitrogen and oxygen atoms in total. The molecule has 1 unspecified atom stereocenters. The number of nitrogens with one attached hydrogen (secondary N) is 1. The van der Waals surface area contributed by atoms with Gasteiger partial charge in [-0.3, -0.25) is 4.79 Å². The van der Waals surface area contributed by atoms with Crippen molar-refractivity contribution in [2.45, 2.75) is 25.8 Å². The smallest absolute Gasteiger partial charge is 0.244 e. The lowest BCUT2D eigenvalue weighted by molar-refractivity contribution is -0.117. The summed E-state index contributed by atoms with van der Waals surface area (Å²) in [5.41, 5.74) is 1.03. The fourth-order valence-electron chi connectivity index (χ4n) is 2.07. The normalized spacial score (nSPS) is 16.4. The maximum absolute atomic E-state index is 12.0. The molecule has 0 bridgehead atoms. The molecular formula is C15H16N2OS2. The van der Waals surface area contributed by atoms with E-state index in [9.17, 15) is 4.79 Å². The first-order valence-corrected chi connectivity index (χ1v) is 8.42. The zero-order valence-corrected chi connectivity index (χ0v) is 12.8. The average molecular weight is 304 g/mol.